The Morgan fingerprint density at radius 2 is 1.73 bits per heavy atom. The molecule has 1 heterocycles. The van der Waals surface area contributed by atoms with E-state index in [0.29, 0.717) is 0 Å². The van der Waals surface area contributed by atoms with E-state index in [-0.39, 0.29) is 22.9 Å². The first-order valence-electron chi connectivity index (χ1n) is 5.53. The van der Waals surface area contributed by atoms with Crippen molar-refractivity contribution in [1.29, 1.82) is 0 Å². The molecule has 1 aliphatic rings. The Morgan fingerprint density at radius 3 is 2.13 bits per heavy atom. The van der Waals surface area contributed by atoms with Gasteiger partial charge in [0, 0.05) is 18.0 Å². The van der Waals surface area contributed by atoms with Crippen LogP contribution in [-0.4, -0.2) is 29.1 Å². The maximum Gasteiger partial charge on any atom is 0.170 e. The third-order valence-corrected chi connectivity index (χ3v) is 2.64. The Labute approximate surface area is 92.4 Å². The second kappa shape index (κ2) is 4.05. The number of Topliss-reactive ketones (excluding diaryl/α,β-unsaturated/α-hetero) is 1. The molecule has 0 aromatic heterocycles. The summed E-state index contributed by atoms with van der Waals surface area (Å²) in [4.78, 5) is 15.2. The summed E-state index contributed by atoms with van der Waals surface area (Å²) in [6.07, 6.45) is 3.43. The summed E-state index contributed by atoms with van der Waals surface area (Å²) in [7, 11) is 0. The molecule has 1 N–H and O–H groups in total. The van der Waals surface area contributed by atoms with Gasteiger partial charge in [-0.2, -0.15) is 0 Å². The highest BCUT2D eigenvalue weighted by Crippen LogP contribution is 2.30. The smallest absolute Gasteiger partial charge is 0.170 e. The van der Waals surface area contributed by atoms with Crippen LogP contribution in [0.3, 0.4) is 0 Å². The van der Waals surface area contributed by atoms with Crippen molar-refractivity contribution in [3.8, 4) is 0 Å². The van der Waals surface area contributed by atoms with Crippen molar-refractivity contribution in [3.63, 3.8) is 0 Å². The predicted molar refractivity (Wildman–Crippen MR) is 63.5 cm³/mol. The molecule has 0 aromatic carbocycles. The first-order chi connectivity index (χ1) is 6.70. The van der Waals surface area contributed by atoms with E-state index >= 15 is 0 Å². The topological polar surface area (TPSA) is 41.5 Å². The van der Waals surface area contributed by atoms with Crippen molar-refractivity contribution in [2.75, 3.05) is 0 Å². The molecule has 3 nitrogen and oxygen atoms in total. The Balaban J connectivity index is 2.71. The van der Waals surface area contributed by atoms with Crippen LogP contribution in [0.2, 0.25) is 0 Å². The van der Waals surface area contributed by atoms with Gasteiger partial charge < -0.3 is 5.32 Å². The molecular weight excluding hydrogens is 188 g/mol. The third-order valence-electron chi connectivity index (χ3n) is 2.64. The number of hydrogen-bond acceptors (Lipinski definition) is 3. The van der Waals surface area contributed by atoms with Crippen LogP contribution in [0.25, 0.3) is 0 Å². The van der Waals surface area contributed by atoms with Gasteiger partial charge in [0.05, 0.1) is 12.3 Å². The molecule has 15 heavy (non-hydrogen) atoms. The minimum Gasteiger partial charge on any atom is -0.307 e. The van der Waals surface area contributed by atoms with E-state index in [1.807, 2.05) is 0 Å². The summed E-state index contributed by atoms with van der Waals surface area (Å²) in [6.45, 7) is 10.3. The van der Waals surface area contributed by atoms with E-state index in [1.54, 1.807) is 6.92 Å². The fourth-order valence-corrected chi connectivity index (χ4v) is 2.58. The number of nitrogens with zero attached hydrogens (tertiary/aromatic N) is 1. The maximum atomic E-state index is 10.8. The number of hydrogen-bond donors (Lipinski definition) is 1. The van der Waals surface area contributed by atoms with Crippen molar-refractivity contribution in [2.24, 2.45) is 4.99 Å². The number of ketones is 1. The second-order valence-electron chi connectivity index (χ2n) is 5.84. The normalized spacial score (nSPS) is 25.7. The van der Waals surface area contributed by atoms with E-state index in [1.165, 1.54) is 6.21 Å². The summed E-state index contributed by atoms with van der Waals surface area (Å²) < 4.78 is 0. The van der Waals surface area contributed by atoms with Crippen LogP contribution in [-0.2, 0) is 4.79 Å². The van der Waals surface area contributed by atoms with Crippen LogP contribution in [0.5, 0.6) is 0 Å². The highest BCUT2D eigenvalue weighted by molar-refractivity contribution is 6.26. The zero-order valence-corrected chi connectivity index (χ0v) is 10.4. The van der Waals surface area contributed by atoms with Gasteiger partial charge in [0.15, 0.2) is 5.78 Å². The number of rotatable bonds is 2. The summed E-state index contributed by atoms with van der Waals surface area (Å²) in [5.74, 6) is 0.0316. The SMILES string of the molecule is CC(=O)C=NC1CC(C)(C)NC(C)(C)C1. The van der Waals surface area contributed by atoms with Crippen molar-refractivity contribution in [1.82, 2.24) is 5.32 Å². The van der Waals surface area contributed by atoms with Gasteiger partial charge >= 0.3 is 0 Å². The number of carbonyl (C=O) groups is 1. The molecule has 0 saturated carbocycles. The van der Waals surface area contributed by atoms with Crippen LogP contribution in [0, 0.1) is 0 Å². The van der Waals surface area contributed by atoms with Crippen LogP contribution in [0.4, 0.5) is 0 Å². The van der Waals surface area contributed by atoms with Gasteiger partial charge in [-0.3, -0.25) is 9.79 Å². The Hall–Kier alpha value is -0.700. The van der Waals surface area contributed by atoms with Gasteiger partial charge in [0.25, 0.3) is 0 Å². The van der Waals surface area contributed by atoms with Gasteiger partial charge in [-0.15, -0.1) is 0 Å². The Kier molecular flexibility index (Phi) is 3.34. The Bertz CT molecular complexity index is 263. The number of aliphatic imine (C=N–C) groups is 1. The molecule has 1 rings (SSSR count). The summed E-state index contributed by atoms with van der Waals surface area (Å²) in [5, 5.41) is 3.59. The second-order valence-corrected chi connectivity index (χ2v) is 5.84. The summed E-state index contributed by atoms with van der Waals surface area (Å²) in [6, 6.07) is 0.264. The van der Waals surface area contributed by atoms with Crippen molar-refractivity contribution in [3.05, 3.63) is 0 Å². The molecule has 0 radical (unpaired) electrons. The summed E-state index contributed by atoms with van der Waals surface area (Å²) >= 11 is 0. The monoisotopic (exact) mass is 210 g/mol. The minimum absolute atomic E-state index is 0.0316. The molecule has 0 aliphatic carbocycles. The lowest BCUT2D eigenvalue weighted by Gasteiger charge is -2.45. The lowest BCUT2D eigenvalue weighted by Crippen LogP contribution is -2.58. The molecule has 1 fully saturated rings. The predicted octanol–water partition coefficient (Wildman–Crippen LogP) is 1.96. The van der Waals surface area contributed by atoms with Crippen LogP contribution in [0.1, 0.15) is 47.5 Å². The molecular formula is C12H22N2O. The van der Waals surface area contributed by atoms with Crippen LogP contribution < -0.4 is 5.32 Å². The van der Waals surface area contributed by atoms with Crippen LogP contribution >= 0.6 is 0 Å². The molecule has 1 aliphatic heterocycles. The zero-order valence-electron chi connectivity index (χ0n) is 10.4. The van der Waals surface area contributed by atoms with Crippen molar-refractivity contribution in [2.45, 2.75) is 64.6 Å². The number of carbonyl (C=O) groups excluding carboxylic acids is 1. The average molecular weight is 210 g/mol. The van der Waals surface area contributed by atoms with Gasteiger partial charge in [-0.05, 0) is 40.5 Å². The summed E-state index contributed by atoms with van der Waals surface area (Å²) in [5.41, 5.74) is 0.196. The van der Waals surface area contributed by atoms with Crippen LogP contribution in [0.15, 0.2) is 4.99 Å². The molecule has 0 bridgehead atoms. The first kappa shape index (κ1) is 12.4. The first-order valence-corrected chi connectivity index (χ1v) is 5.53. The molecule has 1 saturated heterocycles. The lowest BCUT2D eigenvalue weighted by atomic mass is 9.80. The molecule has 3 heteroatoms. The molecule has 0 amide bonds. The molecule has 0 spiro atoms. The van der Waals surface area contributed by atoms with Gasteiger partial charge in [0.2, 0.25) is 0 Å². The number of nitrogens with one attached hydrogen (secondary N) is 1. The maximum absolute atomic E-state index is 10.8. The molecule has 0 aromatic rings. The standard InChI is InChI=1S/C12H22N2O/c1-9(15)8-13-10-6-11(2,3)14-12(4,5)7-10/h8,10,14H,6-7H2,1-5H3. The zero-order chi connectivity index (χ0) is 11.7. The quantitative estimate of drug-likeness (QED) is 0.708. The van der Waals surface area contributed by atoms with E-state index in [9.17, 15) is 4.79 Å². The van der Waals surface area contributed by atoms with Gasteiger partial charge in [0.1, 0.15) is 0 Å². The van der Waals surface area contributed by atoms with Crippen molar-refractivity contribution >= 4 is 12.0 Å². The Morgan fingerprint density at radius 1 is 1.27 bits per heavy atom. The molecule has 0 unspecified atom stereocenters. The van der Waals surface area contributed by atoms with E-state index in [4.69, 9.17) is 0 Å². The van der Waals surface area contributed by atoms with E-state index in [2.05, 4.69) is 38.0 Å². The lowest BCUT2D eigenvalue weighted by molar-refractivity contribution is -0.110. The molecule has 86 valence electrons. The third kappa shape index (κ3) is 4.12. The number of piperidine rings is 1. The average Bonchev–Trinajstić information content (AvgIpc) is 1.94. The van der Waals surface area contributed by atoms with Gasteiger partial charge in [-0.25, -0.2) is 0 Å². The highest BCUT2D eigenvalue weighted by atomic mass is 16.1. The largest absolute Gasteiger partial charge is 0.307 e. The van der Waals surface area contributed by atoms with Gasteiger partial charge in [-0.1, -0.05) is 0 Å². The van der Waals surface area contributed by atoms with E-state index in [0.717, 1.165) is 12.8 Å². The minimum atomic E-state index is 0.0316. The molecule has 0 atom stereocenters. The highest BCUT2D eigenvalue weighted by Gasteiger charge is 2.37. The fraction of sp³-hybridized carbons (Fsp3) is 0.833. The fourth-order valence-electron chi connectivity index (χ4n) is 2.58. The van der Waals surface area contributed by atoms with Crippen molar-refractivity contribution < 1.29 is 4.79 Å². The van der Waals surface area contributed by atoms with E-state index < -0.39 is 0 Å².